The van der Waals surface area contributed by atoms with E-state index in [4.69, 9.17) is 4.74 Å². The number of β-amino-alcohol motifs (C(OH)–C–C–N with tert-alkyl or cyclic N) is 1. The molecule has 1 fully saturated rings. The second kappa shape index (κ2) is 6.91. The fourth-order valence-corrected chi connectivity index (χ4v) is 3.69. The molecule has 0 bridgehead atoms. The number of benzene rings is 1. The molecule has 1 saturated heterocycles. The van der Waals surface area contributed by atoms with Gasteiger partial charge in [-0.3, -0.25) is 4.90 Å². The minimum Gasteiger partial charge on any atom is -0.481 e. The summed E-state index contributed by atoms with van der Waals surface area (Å²) in [7, 11) is 3.52. The quantitative estimate of drug-likeness (QED) is 0.914. The Hall–Kier alpha value is -1.92. The van der Waals surface area contributed by atoms with Gasteiger partial charge in [0, 0.05) is 19.6 Å². The van der Waals surface area contributed by atoms with Crippen LogP contribution in [0.1, 0.15) is 41.8 Å². The number of aryl methyl sites for hydroxylation is 2. The first-order chi connectivity index (χ1) is 11.5. The van der Waals surface area contributed by atoms with Gasteiger partial charge in [-0.25, -0.2) is 9.07 Å². The maximum Gasteiger partial charge on any atom is 0.216 e. The number of halogens is 1. The smallest absolute Gasteiger partial charge is 0.216 e. The van der Waals surface area contributed by atoms with Crippen molar-refractivity contribution < 1.29 is 14.2 Å². The molecule has 1 aliphatic heterocycles. The van der Waals surface area contributed by atoms with Crippen molar-refractivity contribution in [3.63, 3.8) is 0 Å². The van der Waals surface area contributed by atoms with Crippen LogP contribution in [-0.2, 0) is 7.05 Å². The highest BCUT2D eigenvalue weighted by atomic mass is 19.1. The lowest BCUT2D eigenvalue weighted by Crippen LogP contribution is -2.29. The van der Waals surface area contributed by atoms with Crippen molar-refractivity contribution >= 4 is 0 Å². The fourth-order valence-electron chi connectivity index (χ4n) is 3.69. The first-order valence-electron chi connectivity index (χ1n) is 8.26. The highest BCUT2D eigenvalue weighted by molar-refractivity contribution is 5.35. The Balaban J connectivity index is 1.81. The molecule has 0 unspecified atom stereocenters. The van der Waals surface area contributed by atoms with Gasteiger partial charge >= 0.3 is 0 Å². The number of aliphatic hydroxyl groups excluding tert-OH is 1. The summed E-state index contributed by atoms with van der Waals surface area (Å²) in [5.74, 6) is 0.443. The largest absolute Gasteiger partial charge is 0.481 e. The van der Waals surface area contributed by atoms with E-state index in [9.17, 15) is 9.50 Å². The average Bonchev–Trinajstić information content (AvgIpc) is 3.10. The number of likely N-dealkylation sites (tertiary alicyclic amines) is 1. The Bertz CT molecular complexity index is 716. The van der Waals surface area contributed by atoms with Crippen molar-refractivity contribution in [3.8, 4) is 5.88 Å². The summed E-state index contributed by atoms with van der Waals surface area (Å²) in [4.78, 5) is 2.24. The number of hydrogen-bond donors (Lipinski definition) is 1. The lowest BCUT2D eigenvalue weighted by atomic mass is 10.0. The summed E-state index contributed by atoms with van der Waals surface area (Å²) in [6.45, 7) is 3.34. The van der Waals surface area contributed by atoms with Crippen LogP contribution in [-0.4, -0.2) is 40.0 Å². The van der Waals surface area contributed by atoms with Crippen LogP contribution in [0.3, 0.4) is 0 Å². The monoisotopic (exact) mass is 333 g/mol. The van der Waals surface area contributed by atoms with E-state index in [0.717, 1.165) is 36.5 Å². The normalized spacial score (nSPS) is 19.6. The van der Waals surface area contributed by atoms with Crippen molar-refractivity contribution in [2.75, 3.05) is 20.2 Å². The molecule has 1 N–H and O–H groups in total. The molecular formula is C18H24FN3O2. The molecule has 0 amide bonds. The van der Waals surface area contributed by atoms with E-state index in [1.165, 1.54) is 12.1 Å². The van der Waals surface area contributed by atoms with E-state index in [1.807, 2.05) is 14.0 Å². The number of rotatable bonds is 5. The Morgan fingerprint density at radius 3 is 2.96 bits per heavy atom. The first kappa shape index (κ1) is 16.9. The van der Waals surface area contributed by atoms with E-state index in [1.54, 1.807) is 23.9 Å². The molecular weight excluding hydrogens is 309 g/mol. The fraction of sp³-hybridized carbons (Fsp3) is 0.500. The topological polar surface area (TPSA) is 50.5 Å². The molecule has 0 spiro atoms. The Kier molecular flexibility index (Phi) is 4.87. The molecule has 6 heteroatoms. The zero-order chi connectivity index (χ0) is 17.3. The van der Waals surface area contributed by atoms with Crippen LogP contribution >= 0.6 is 0 Å². The summed E-state index contributed by atoms with van der Waals surface area (Å²) < 4.78 is 20.7. The number of methoxy groups -OCH3 is 1. The molecule has 24 heavy (non-hydrogen) atoms. The third-order valence-electron chi connectivity index (χ3n) is 4.75. The van der Waals surface area contributed by atoms with Gasteiger partial charge in [0.05, 0.1) is 24.5 Å². The maximum atomic E-state index is 13.4. The molecule has 2 heterocycles. The van der Waals surface area contributed by atoms with Gasteiger partial charge in [-0.2, -0.15) is 5.10 Å². The third kappa shape index (κ3) is 3.16. The number of aromatic nitrogens is 2. The number of hydrogen-bond acceptors (Lipinski definition) is 4. The zero-order valence-electron chi connectivity index (χ0n) is 14.4. The predicted molar refractivity (Wildman–Crippen MR) is 89.4 cm³/mol. The SMILES string of the molecule is COc1c([C@H]2CCCN2C[C@H](O)c2cccc(F)c2)c(C)nn1C. The molecule has 3 rings (SSSR count). The molecule has 0 radical (unpaired) electrons. The van der Waals surface area contributed by atoms with Gasteiger partial charge in [0.25, 0.3) is 0 Å². The lowest BCUT2D eigenvalue weighted by molar-refractivity contribution is 0.105. The van der Waals surface area contributed by atoms with Gasteiger partial charge in [0.15, 0.2) is 0 Å². The van der Waals surface area contributed by atoms with Crippen LogP contribution in [0.5, 0.6) is 5.88 Å². The van der Waals surface area contributed by atoms with Crippen molar-refractivity contribution in [3.05, 3.63) is 46.9 Å². The summed E-state index contributed by atoms with van der Waals surface area (Å²) in [5, 5.41) is 15.0. The van der Waals surface area contributed by atoms with Gasteiger partial charge < -0.3 is 9.84 Å². The number of aliphatic hydroxyl groups is 1. The van der Waals surface area contributed by atoms with E-state index in [2.05, 4.69) is 10.00 Å². The molecule has 0 aliphatic carbocycles. The van der Waals surface area contributed by atoms with E-state index in [-0.39, 0.29) is 11.9 Å². The first-order valence-corrected chi connectivity index (χ1v) is 8.26. The predicted octanol–water partition coefficient (Wildman–Crippen LogP) is 2.75. The molecule has 130 valence electrons. The van der Waals surface area contributed by atoms with Crippen molar-refractivity contribution in [2.24, 2.45) is 7.05 Å². The molecule has 1 aromatic heterocycles. The second-order valence-corrected chi connectivity index (χ2v) is 6.36. The number of ether oxygens (including phenoxy) is 1. The molecule has 1 aliphatic rings. The highest BCUT2D eigenvalue weighted by Gasteiger charge is 2.33. The Morgan fingerprint density at radius 1 is 1.46 bits per heavy atom. The molecule has 0 saturated carbocycles. The van der Waals surface area contributed by atoms with E-state index >= 15 is 0 Å². The van der Waals surface area contributed by atoms with Crippen LogP contribution in [0.25, 0.3) is 0 Å². The molecule has 5 nitrogen and oxygen atoms in total. The molecule has 1 aromatic carbocycles. The van der Waals surface area contributed by atoms with Crippen molar-refractivity contribution in [2.45, 2.75) is 31.9 Å². The summed E-state index contributed by atoms with van der Waals surface area (Å²) in [6.07, 6.45) is 1.33. The average molecular weight is 333 g/mol. The third-order valence-corrected chi connectivity index (χ3v) is 4.75. The minimum absolute atomic E-state index is 0.164. The Morgan fingerprint density at radius 2 is 2.25 bits per heavy atom. The van der Waals surface area contributed by atoms with Crippen molar-refractivity contribution in [1.82, 2.24) is 14.7 Å². The second-order valence-electron chi connectivity index (χ2n) is 6.36. The van der Waals surface area contributed by atoms with Gasteiger partial charge in [0.2, 0.25) is 5.88 Å². The highest BCUT2D eigenvalue weighted by Crippen LogP contribution is 2.39. The summed E-state index contributed by atoms with van der Waals surface area (Å²) >= 11 is 0. The van der Waals surface area contributed by atoms with Gasteiger partial charge in [-0.1, -0.05) is 12.1 Å². The van der Waals surface area contributed by atoms with Crippen LogP contribution in [0, 0.1) is 12.7 Å². The van der Waals surface area contributed by atoms with Crippen LogP contribution < -0.4 is 4.74 Å². The van der Waals surface area contributed by atoms with E-state index < -0.39 is 6.10 Å². The van der Waals surface area contributed by atoms with E-state index in [0.29, 0.717) is 12.1 Å². The molecule has 2 aromatic rings. The van der Waals surface area contributed by atoms with Crippen LogP contribution in [0.15, 0.2) is 24.3 Å². The molecule has 2 atom stereocenters. The van der Waals surface area contributed by atoms with Crippen molar-refractivity contribution in [1.29, 1.82) is 0 Å². The van der Waals surface area contributed by atoms with Gasteiger partial charge in [0.1, 0.15) is 5.82 Å². The van der Waals surface area contributed by atoms with Crippen LogP contribution in [0.2, 0.25) is 0 Å². The number of nitrogens with zero attached hydrogens (tertiary/aromatic N) is 3. The summed E-state index contributed by atoms with van der Waals surface area (Å²) in [5.41, 5.74) is 2.64. The Labute approximate surface area is 141 Å². The standard InChI is InChI=1S/C18H24FN3O2/c1-12-17(18(24-3)21(2)20-12)15-8-5-9-22(15)11-16(23)13-6-4-7-14(19)10-13/h4,6-7,10,15-16,23H,5,8-9,11H2,1-3H3/t15-,16+/m1/s1. The van der Waals surface area contributed by atoms with Crippen LogP contribution in [0.4, 0.5) is 4.39 Å². The summed E-state index contributed by atoms with van der Waals surface area (Å²) in [6, 6.07) is 6.33. The zero-order valence-corrected chi connectivity index (χ0v) is 14.4. The maximum absolute atomic E-state index is 13.4. The van der Waals surface area contributed by atoms with Gasteiger partial charge in [-0.15, -0.1) is 0 Å². The lowest BCUT2D eigenvalue weighted by Gasteiger charge is -2.27. The van der Waals surface area contributed by atoms with Gasteiger partial charge in [-0.05, 0) is 44.0 Å². The minimum atomic E-state index is -0.718.